The van der Waals surface area contributed by atoms with Crippen LogP contribution in [0.1, 0.15) is 64.2 Å². The quantitative estimate of drug-likeness (QED) is 0.290. The Labute approximate surface area is 175 Å². The van der Waals surface area contributed by atoms with E-state index < -0.39 is 5.23 Å². The molecule has 0 amide bonds. The fraction of sp³-hybridized carbons (Fsp3) is 0.900. The molecule has 0 aromatic heterocycles. The predicted octanol–water partition coefficient (Wildman–Crippen LogP) is 0.744. The zero-order valence-corrected chi connectivity index (χ0v) is 18.3. The molecule has 0 aromatic rings. The normalized spacial score (nSPS) is 36.9. The molecule has 1 heterocycles. The van der Waals surface area contributed by atoms with Crippen LogP contribution in [0, 0.1) is 23.0 Å². The molecule has 0 radical (unpaired) electrons. The van der Waals surface area contributed by atoms with Crippen molar-refractivity contribution in [2.45, 2.75) is 74.2 Å². The molecule has 0 aromatic carbocycles. The maximum Gasteiger partial charge on any atom is 0.190 e. The number of ketones is 2. The van der Waals surface area contributed by atoms with Gasteiger partial charge in [0.1, 0.15) is 18.4 Å². The third-order valence-corrected chi connectivity index (χ3v) is 8.56. The molecule has 2 saturated carbocycles. The van der Waals surface area contributed by atoms with E-state index in [1.807, 2.05) is 0 Å². The molecular formula is C20H34IN2O4+. The number of alkyl halides is 1. The SMILES string of the molecule is O=C(C[NH+]1CCC(C(=O)C2CCCCC2)CC1)C1CCC(I)C([NH+]([O-])O)C1. The molecule has 0 bridgehead atoms. The zero-order chi connectivity index (χ0) is 19.4. The fourth-order valence-corrected chi connectivity index (χ4v) is 6.24. The number of likely N-dealkylation sites (tertiary alicyclic amines) is 1. The topological polar surface area (TPSA) is 86.3 Å². The molecule has 27 heavy (non-hydrogen) atoms. The number of hydrogen-bond acceptors (Lipinski definition) is 4. The standard InChI is InChI=1S/C20H33IN2O4/c21-17-7-6-16(12-18(17)23(26)27)19(24)13-22-10-8-15(9-11-22)20(25)14-4-2-1-3-5-14/h14-18,23,26H,1-13H2/p+1. The van der Waals surface area contributed by atoms with Gasteiger partial charge in [-0.05, 0) is 25.7 Å². The first-order valence-corrected chi connectivity index (χ1v) is 12.0. The number of nitrogens with one attached hydrogen (secondary N) is 2. The lowest BCUT2D eigenvalue weighted by molar-refractivity contribution is -1.07. The summed E-state index contributed by atoms with van der Waals surface area (Å²) < 4.78 is 0.137. The van der Waals surface area contributed by atoms with Crippen LogP contribution < -0.4 is 10.1 Å². The van der Waals surface area contributed by atoms with Crippen molar-refractivity contribution in [2.75, 3.05) is 19.6 Å². The lowest BCUT2D eigenvalue weighted by Gasteiger charge is -2.36. The highest BCUT2D eigenvalue weighted by atomic mass is 127. The summed E-state index contributed by atoms with van der Waals surface area (Å²) in [5, 5.41) is 20.0. The second-order valence-electron chi connectivity index (χ2n) is 8.88. The van der Waals surface area contributed by atoms with Crippen LogP contribution in [0.15, 0.2) is 0 Å². The van der Waals surface area contributed by atoms with Gasteiger partial charge in [-0.1, -0.05) is 41.9 Å². The number of carbonyl (C=O) groups is 2. The summed E-state index contributed by atoms with van der Waals surface area (Å²) in [6.07, 6.45) is 9.80. The van der Waals surface area contributed by atoms with Crippen LogP contribution in [0.4, 0.5) is 0 Å². The largest absolute Gasteiger partial charge is 0.600 e. The number of Topliss-reactive ketones (excluding diaryl/α,β-unsaturated/α-hetero) is 2. The van der Waals surface area contributed by atoms with E-state index in [0.717, 1.165) is 51.6 Å². The van der Waals surface area contributed by atoms with Gasteiger partial charge in [0.2, 0.25) is 0 Å². The summed E-state index contributed by atoms with van der Waals surface area (Å²) >= 11 is 2.22. The van der Waals surface area contributed by atoms with Crippen LogP contribution in [-0.4, -0.2) is 46.4 Å². The number of piperidine rings is 1. The Hall–Kier alpha value is -0.0900. The minimum absolute atomic E-state index is 0.0915. The molecule has 4 unspecified atom stereocenters. The van der Waals surface area contributed by atoms with Gasteiger partial charge in [-0.15, -0.1) is 0 Å². The molecule has 3 rings (SSSR count). The Bertz CT molecular complexity index is 516. The summed E-state index contributed by atoms with van der Waals surface area (Å²) in [6.45, 7) is 2.31. The van der Waals surface area contributed by atoms with Gasteiger partial charge in [0, 0.05) is 37.0 Å². The number of hydrogen-bond donors (Lipinski definition) is 3. The van der Waals surface area contributed by atoms with Crippen molar-refractivity contribution < 1.29 is 24.9 Å². The maximum absolute atomic E-state index is 12.7. The second kappa shape index (κ2) is 10.1. The number of halogens is 1. The van der Waals surface area contributed by atoms with Crippen molar-refractivity contribution in [2.24, 2.45) is 17.8 Å². The molecule has 1 aliphatic heterocycles. The van der Waals surface area contributed by atoms with E-state index in [1.165, 1.54) is 24.2 Å². The van der Waals surface area contributed by atoms with Crippen LogP contribution in [0.3, 0.4) is 0 Å². The Morgan fingerprint density at radius 2 is 1.59 bits per heavy atom. The van der Waals surface area contributed by atoms with Crippen LogP contribution >= 0.6 is 22.6 Å². The van der Waals surface area contributed by atoms with Gasteiger partial charge >= 0.3 is 0 Å². The second-order valence-corrected chi connectivity index (χ2v) is 10.5. The summed E-state index contributed by atoms with van der Waals surface area (Å²) in [4.78, 5) is 26.7. The minimum atomic E-state index is -0.763. The van der Waals surface area contributed by atoms with E-state index in [1.54, 1.807) is 0 Å². The van der Waals surface area contributed by atoms with E-state index in [-0.39, 0.29) is 27.6 Å². The van der Waals surface area contributed by atoms with Crippen LogP contribution in [0.25, 0.3) is 0 Å². The third kappa shape index (κ3) is 5.72. The van der Waals surface area contributed by atoms with E-state index >= 15 is 0 Å². The van der Waals surface area contributed by atoms with Gasteiger partial charge in [-0.25, -0.2) is 10.4 Å². The Balaban J connectivity index is 1.43. The highest BCUT2D eigenvalue weighted by Crippen LogP contribution is 2.30. The Morgan fingerprint density at radius 3 is 2.22 bits per heavy atom. The van der Waals surface area contributed by atoms with Crippen LogP contribution in [0.2, 0.25) is 0 Å². The molecule has 1 saturated heterocycles. The van der Waals surface area contributed by atoms with Gasteiger partial charge in [0.25, 0.3) is 0 Å². The predicted molar refractivity (Wildman–Crippen MR) is 110 cm³/mol. The smallest absolute Gasteiger partial charge is 0.190 e. The molecule has 2 aliphatic carbocycles. The molecule has 3 fully saturated rings. The highest BCUT2D eigenvalue weighted by Gasteiger charge is 2.38. The van der Waals surface area contributed by atoms with E-state index in [0.29, 0.717) is 24.7 Å². The van der Waals surface area contributed by atoms with Crippen LogP contribution in [-0.2, 0) is 9.59 Å². The first kappa shape index (κ1) is 21.6. The van der Waals surface area contributed by atoms with Gasteiger partial charge in [0.05, 0.1) is 17.0 Å². The number of quaternary nitrogens is 2. The van der Waals surface area contributed by atoms with E-state index in [4.69, 9.17) is 0 Å². The Morgan fingerprint density at radius 1 is 0.963 bits per heavy atom. The zero-order valence-electron chi connectivity index (χ0n) is 16.1. The molecular weight excluding hydrogens is 459 g/mol. The average Bonchev–Trinajstić information content (AvgIpc) is 2.68. The molecule has 4 atom stereocenters. The fourth-order valence-electron chi connectivity index (χ4n) is 5.28. The van der Waals surface area contributed by atoms with Crippen LogP contribution in [0.5, 0.6) is 0 Å². The number of carbonyl (C=O) groups excluding carboxylic acids is 2. The number of rotatable bonds is 6. The summed E-state index contributed by atoms with van der Waals surface area (Å²) in [7, 11) is 0. The first-order valence-electron chi connectivity index (χ1n) is 10.7. The molecule has 3 aliphatic rings. The number of hydroxylamine groups is 2. The van der Waals surface area contributed by atoms with Crippen molar-refractivity contribution in [3.63, 3.8) is 0 Å². The van der Waals surface area contributed by atoms with Gasteiger partial charge in [-0.2, -0.15) is 0 Å². The monoisotopic (exact) mass is 493 g/mol. The first-order chi connectivity index (χ1) is 13.0. The minimum Gasteiger partial charge on any atom is -0.600 e. The van der Waals surface area contributed by atoms with Crippen molar-refractivity contribution >= 4 is 34.2 Å². The summed E-state index contributed by atoms with van der Waals surface area (Å²) in [5.74, 6) is 1.13. The molecule has 7 heteroatoms. The van der Waals surface area contributed by atoms with E-state index in [2.05, 4.69) is 22.6 Å². The lowest BCUT2D eigenvalue weighted by atomic mass is 9.78. The summed E-state index contributed by atoms with van der Waals surface area (Å²) in [5.41, 5.74) is 0. The van der Waals surface area contributed by atoms with Gasteiger partial charge in [0.15, 0.2) is 5.78 Å². The van der Waals surface area contributed by atoms with Gasteiger partial charge < -0.3 is 10.1 Å². The van der Waals surface area contributed by atoms with Crippen molar-refractivity contribution in [3.05, 3.63) is 5.21 Å². The third-order valence-electron chi connectivity index (χ3n) is 7.07. The van der Waals surface area contributed by atoms with Crippen molar-refractivity contribution in [1.29, 1.82) is 0 Å². The Kier molecular flexibility index (Phi) is 8.08. The average molecular weight is 493 g/mol. The van der Waals surface area contributed by atoms with E-state index in [9.17, 15) is 20.0 Å². The summed E-state index contributed by atoms with van der Waals surface area (Å²) in [6, 6.07) is -0.387. The molecule has 3 N–H and O–H groups in total. The molecule has 0 spiro atoms. The lowest BCUT2D eigenvalue weighted by Crippen LogP contribution is -3.14. The van der Waals surface area contributed by atoms with Crippen molar-refractivity contribution in [1.82, 2.24) is 0 Å². The molecule has 154 valence electrons. The molecule has 6 nitrogen and oxygen atoms in total. The maximum atomic E-state index is 12.7. The highest BCUT2D eigenvalue weighted by molar-refractivity contribution is 14.1. The van der Waals surface area contributed by atoms with Crippen molar-refractivity contribution in [3.8, 4) is 0 Å². The van der Waals surface area contributed by atoms with Gasteiger partial charge in [-0.3, -0.25) is 9.59 Å².